The molecule has 0 bridgehead atoms. The maximum Gasteiger partial charge on any atom is 0.134 e. The van der Waals surface area contributed by atoms with Crippen molar-refractivity contribution in [1.82, 2.24) is 44.3 Å². The molecule has 0 amide bonds. The molecule has 0 N–H and O–H groups in total. The van der Waals surface area contributed by atoms with Gasteiger partial charge in [0.15, 0.2) is 0 Å². The standard InChI is InChI=1S/C46H42N3.C41H40N3.C32H36N3.3Ir/c1-5-6-27-46(3,4)45-48-47-44(49(45)43-26-25-38(28-33(43)2)34-17-10-7-11-18-34)39-24-16-23-37(29-39)42-31-40(35-19-12-8-13-20-35)30-41(32-42)36-21-14-9-15-22-36;1-6-7-23-41(4,5)40-43-42-39(44(40)38-22-21-29(2)24-30(38)3)34-20-14-19-33(25-34)37-27-35(31-15-10-8-11-16-31)26-36(28-37)32-17-12-9-13-18-32;1-8-9-18-31(4,5)30-34-33-29(35(30)28-17-14-21(2)19-22(28)3)23-15-16-27-25(20-23)24-12-10-11-13-26(24)32(27,6)7;;;/h7-23,25-26,28-32H,5-6,27H2,1-4H3;8-19,21-22,24-28H,6-7,23H2,1-5H3;10-14,16-17,19-20H,8-9,18H2,1-7H3;;;/q3*-1;;;. The second-order valence-corrected chi connectivity index (χ2v) is 37.3. The Morgan fingerprint density at radius 3 is 0.908 bits per heavy atom. The second kappa shape index (κ2) is 42.3. The van der Waals surface area contributed by atoms with E-state index in [2.05, 4.69) is 446 Å². The van der Waals surface area contributed by atoms with Gasteiger partial charge in [-0.25, -0.2) is 0 Å². The number of aryl methyl sites for hydroxylation is 5. The summed E-state index contributed by atoms with van der Waals surface area (Å²) >= 11 is 0. The van der Waals surface area contributed by atoms with Crippen molar-refractivity contribution >= 4 is 0 Å². The summed E-state index contributed by atoms with van der Waals surface area (Å²) in [6, 6.07) is 123. The van der Waals surface area contributed by atoms with Crippen LogP contribution in [0.5, 0.6) is 0 Å². The van der Waals surface area contributed by atoms with Gasteiger partial charge in [-0.3, -0.25) is 0 Å². The third-order valence-electron chi connectivity index (χ3n) is 25.8. The van der Waals surface area contributed by atoms with E-state index in [4.69, 9.17) is 30.6 Å². The summed E-state index contributed by atoms with van der Waals surface area (Å²) in [6.07, 6.45) is 10.0. The van der Waals surface area contributed by atoms with Gasteiger partial charge in [0.05, 0.1) is 17.5 Å². The van der Waals surface area contributed by atoms with Crippen molar-refractivity contribution < 1.29 is 60.3 Å². The topological polar surface area (TPSA) is 92.1 Å². The summed E-state index contributed by atoms with van der Waals surface area (Å²) in [5.41, 5.74) is 33.6. The van der Waals surface area contributed by atoms with Gasteiger partial charge in [-0.15, -0.1) is 115 Å². The van der Waals surface area contributed by atoms with Gasteiger partial charge in [-0.1, -0.05) is 338 Å². The number of nitrogens with zero attached hydrogens (tertiary/aromatic N) is 9. The molecule has 0 unspecified atom stereocenters. The van der Waals surface area contributed by atoms with Gasteiger partial charge in [0.1, 0.15) is 17.5 Å². The molecule has 0 aliphatic heterocycles. The largest absolute Gasteiger partial charge is 0.319 e. The Morgan fingerprint density at radius 2 is 0.573 bits per heavy atom. The summed E-state index contributed by atoms with van der Waals surface area (Å²) in [5.74, 6) is 5.47. The maximum atomic E-state index is 4.92. The second-order valence-electron chi connectivity index (χ2n) is 37.3. The van der Waals surface area contributed by atoms with Crippen LogP contribution in [0.3, 0.4) is 0 Å². The predicted octanol–water partition coefficient (Wildman–Crippen LogP) is 31.1. The number of aromatic nitrogens is 9. The molecule has 0 spiro atoms. The molecule has 1 aliphatic rings. The molecule has 131 heavy (non-hydrogen) atoms. The Morgan fingerprint density at radius 1 is 0.275 bits per heavy atom. The molecule has 669 valence electrons. The number of hydrogen-bond acceptors (Lipinski definition) is 6. The van der Waals surface area contributed by atoms with E-state index >= 15 is 0 Å². The number of hydrogen-bond donors (Lipinski definition) is 0. The molecule has 12 heteroatoms. The smallest absolute Gasteiger partial charge is 0.134 e. The number of benzene rings is 14. The first-order chi connectivity index (χ1) is 61.9. The average molecular weight is 2250 g/mol. The van der Waals surface area contributed by atoms with Crippen LogP contribution >= 0.6 is 0 Å². The summed E-state index contributed by atoms with van der Waals surface area (Å²) in [7, 11) is 0. The van der Waals surface area contributed by atoms with Crippen molar-refractivity contribution in [3.63, 3.8) is 0 Å². The van der Waals surface area contributed by atoms with E-state index in [1.807, 2.05) is 12.1 Å². The molecule has 9 nitrogen and oxygen atoms in total. The van der Waals surface area contributed by atoms with Crippen LogP contribution in [0.4, 0.5) is 0 Å². The summed E-state index contributed by atoms with van der Waals surface area (Å²) in [6.45, 7) is 35.9. The molecule has 14 aromatic carbocycles. The Kier molecular flexibility index (Phi) is 31.3. The fraction of sp³-hybridized carbons (Fsp3) is 0.244. The van der Waals surface area contributed by atoms with Crippen LogP contribution in [0.25, 0.3) is 140 Å². The van der Waals surface area contributed by atoms with Gasteiger partial charge < -0.3 is 13.7 Å². The van der Waals surface area contributed by atoms with Crippen LogP contribution in [-0.4, -0.2) is 44.3 Å². The van der Waals surface area contributed by atoms with Gasteiger partial charge in [0, 0.05) is 93.6 Å². The summed E-state index contributed by atoms with van der Waals surface area (Å²) in [5, 5.41) is 29.1. The Hall–Kier alpha value is -11.6. The van der Waals surface area contributed by atoms with Gasteiger partial charge in [-0.05, 0) is 215 Å². The molecule has 1 aliphatic carbocycles. The van der Waals surface area contributed by atoms with Crippen molar-refractivity contribution in [1.29, 1.82) is 0 Å². The molecule has 3 radical (unpaired) electrons. The third-order valence-corrected chi connectivity index (χ3v) is 25.8. The normalized spacial score (nSPS) is 12.0. The van der Waals surface area contributed by atoms with Gasteiger partial charge in [-0.2, -0.15) is 15.3 Å². The molecule has 0 saturated heterocycles. The molecule has 3 aromatic heterocycles. The molecule has 3 heterocycles. The van der Waals surface area contributed by atoms with Crippen LogP contribution in [0, 0.1) is 52.8 Å². The van der Waals surface area contributed by atoms with Crippen LogP contribution in [-0.2, 0) is 82.0 Å². The zero-order chi connectivity index (χ0) is 89.4. The van der Waals surface area contributed by atoms with Gasteiger partial charge >= 0.3 is 0 Å². The van der Waals surface area contributed by atoms with E-state index in [1.54, 1.807) is 0 Å². The SMILES string of the molecule is CCCCC(C)(C)c1nnc(-c2[c-]cc3c(c2)-c2ccccc2C3(C)C)n1-c1ccc(C)cc1C.CCCCC(C)(C)c1nnc(-c2[c-]ccc(-c3cc(-c4ccccc4)cc(-c4ccccc4)c3)c2)n1-c1ccc(-c2ccccc2)cc1C.CCCCC(C)(C)c1nnc(-c2[c-]ccc(-c3cc(-c4ccccc4)cc(-c4ccccc4)c3)c2)n1-c1ccc(C)cc1C.[Ir].[Ir].[Ir]. The Labute approximate surface area is 818 Å². The summed E-state index contributed by atoms with van der Waals surface area (Å²) < 4.78 is 6.84. The van der Waals surface area contributed by atoms with Crippen LogP contribution in [0.2, 0.25) is 0 Å². The van der Waals surface area contributed by atoms with Crippen molar-refractivity contribution in [3.8, 4) is 140 Å². The first kappa shape index (κ1) is 97.0. The van der Waals surface area contributed by atoms with Crippen LogP contribution in [0.1, 0.15) is 190 Å². The molecule has 17 aromatic rings. The van der Waals surface area contributed by atoms with Crippen LogP contribution in [0.15, 0.2) is 315 Å². The van der Waals surface area contributed by atoms with Crippen molar-refractivity contribution in [2.24, 2.45) is 0 Å². The van der Waals surface area contributed by atoms with Crippen molar-refractivity contribution in [2.45, 2.75) is 190 Å². The van der Waals surface area contributed by atoms with Crippen LogP contribution < -0.4 is 0 Å². The zero-order valence-corrected chi connectivity index (χ0v) is 85.6. The minimum absolute atomic E-state index is 0. The zero-order valence-electron chi connectivity index (χ0n) is 78.4. The maximum absolute atomic E-state index is 4.92. The summed E-state index contributed by atoms with van der Waals surface area (Å²) in [4.78, 5) is 0. The number of fused-ring (bicyclic) bond motifs is 3. The predicted molar refractivity (Wildman–Crippen MR) is 534 cm³/mol. The van der Waals surface area contributed by atoms with Crippen molar-refractivity contribution in [3.05, 3.63) is 390 Å². The van der Waals surface area contributed by atoms with E-state index < -0.39 is 0 Å². The third kappa shape index (κ3) is 21.2. The van der Waals surface area contributed by atoms with E-state index in [0.29, 0.717) is 0 Å². The Balaban J connectivity index is 0.000000168. The Bertz CT molecular complexity index is 6640. The van der Waals surface area contributed by atoms with Gasteiger partial charge in [0.25, 0.3) is 0 Å². The molecular weight excluding hydrogens is 2130 g/mol. The van der Waals surface area contributed by atoms with E-state index in [0.717, 1.165) is 136 Å². The fourth-order valence-corrected chi connectivity index (χ4v) is 18.5. The number of unbranched alkanes of at least 4 members (excludes halogenated alkanes) is 3. The van der Waals surface area contributed by atoms with Gasteiger partial charge in [0.2, 0.25) is 0 Å². The van der Waals surface area contributed by atoms with E-state index in [9.17, 15) is 0 Å². The van der Waals surface area contributed by atoms with E-state index in [1.165, 1.54) is 119 Å². The molecule has 0 atom stereocenters. The number of rotatable bonds is 25. The molecule has 0 saturated carbocycles. The first-order valence-electron chi connectivity index (χ1n) is 45.8. The molecule has 18 rings (SSSR count). The first-order valence-corrected chi connectivity index (χ1v) is 45.8. The minimum Gasteiger partial charge on any atom is -0.319 e. The molecular formula is C119H118Ir3N9-3. The van der Waals surface area contributed by atoms with E-state index in [-0.39, 0.29) is 82.0 Å². The van der Waals surface area contributed by atoms with Crippen molar-refractivity contribution in [2.75, 3.05) is 0 Å². The monoisotopic (exact) mass is 2250 g/mol. The molecule has 0 fully saturated rings. The minimum atomic E-state index is -0.169. The quantitative estimate of drug-likeness (QED) is 0.0530. The average Bonchev–Trinajstić information content (AvgIpc) is 1.57. The fourth-order valence-electron chi connectivity index (χ4n) is 18.5.